The molecule has 0 bridgehead atoms. The van der Waals surface area contributed by atoms with Crippen molar-refractivity contribution in [3.63, 3.8) is 0 Å². The van der Waals surface area contributed by atoms with Crippen LogP contribution in [-0.4, -0.2) is 11.2 Å². The zero-order chi connectivity index (χ0) is 8.27. The van der Waals surface area contributed by atoms with Crippen LogP contribution in [0.4, 0.5) is 5.69 Å². The fourth-order valence-corrected chi connectivity index (χ4v) is 0.860. The van der Waals surface area contributed by atoms with Crippen LogP contribution in [0.1, 0.15) is 5.56 Å². The number of aliphatic imine (C=N–C) groups is 1. The van der Waals surface area contributed by atoms with E-state index < -0.39 is 0 Å². The highest BCUT2D eigenvalue weighted by molar-refractivity contribution is 5.52. The first-order valence-electron chi connectivity index (χ1n) is 3.11. The summed E-state index contributed by atoms with van der Waals surface area (Å²) < 4.78 is 0. The monoisotopic (exact) mass is 149 g/mol. The van der Waals surface area contributed by atoms with E-state index in [9.17, 15) is 4.79 Å². The molecule has 3 nitrogen and oxygen atoms in total. The Labute approximate surface area is 64.0 Å². The first-order valence-corrected chi connectivity index (χ1v) is 3.11. The van der Waals surface area contributed by atoms with Crippen LogP contribution in [0.3, 0.4) is 0 Å². The van der Waals surface area contributed by atoms with Crippen LogP contribution >= 0.6 is 0 Å². The summed E-state index contributed by atoms with van der Waals surface area (Å²) in [6.45, 7) is 1.81. The molecule has 0 spiro atoms. The third kappa shape index (κ3) is 1.92. The molecule has 0 aliphatic rings. The topological polar surface area (TPSA) is 49.7 Å². The molecular weight excluding hydrogens is 142 g/mol. The van der Waals surface area contributed by atoms with E-state index in [1.54, 1.807) is 12.1 Å². The Balaban J connectivity index is 3.18. The summed E-state index contributed by atoms with van der Waals surface area (Å²) in [6.07, 6.45) is 1.40. The fourth-order valence-electron chi connectivity index (χ4n) is 0.860. The summed E-state index contributed by atoms with van der Waals surface area (Å²) in [5.74, 6) is 0.110. The molecule has 0 fully saturated rings. The van der Waals surface area contributed by atoms with E-state index in [0.717, 1.165) is 5.56 Å². The largest absolute Gasteiger partial charge is 0.508 e. The van der Waals surface area contributed by atoms with Crippen molar-refractivity contribution in [2.45, 2.75) is 6.92 Å². The average Bonchev–Trinajstić information content (AvgIpc) is 1.85. The zero-order valence-electron chi connectivity index (χ0n) is 6.03. The zero-order valence-corrected chi connectivity index (χ0v) is 6.03. The molecule has 1 N–H and O–H groups in total. The summed E-state index contributed by atoms with van der Waals surface area (Å²) in [5, 5.41) is 9.03. The van der Waals surface area contributed by atoms with Crippen LogP contribution in [0.2, 0.25) is 0 Å². The molecule has 0 amide bonds. The quantitative estimate of drug-likeness (QED) is 0.487. The van der Waals surface area contributed by atoms with Crippen LogP contribution in [-0.2, 0) is 4.79 Å². The van der Waals surface area contributed by atoms with Crippen molar-refractivity contribution in [3.05, 3.63) is 23.8 Å². The molecular formula is C8H7NO2. The number of hydrogen-bond acceptors (Lipinski definition) is 3. The van der Waals surface area contributed by atoms with Crippen molar-refractivity contribution < 1.29 is 9.90 Å². The van der Waals surface area contributed by atoms with Crippen LogP contribution in [0.15, 0.2) is 23.2 Å². The molecule has 1 aromatic rings. The second-order valence-corrected chi connectivity index (χ2v) is 2.23. The Kier molecular flexibility index (Phi) is 2.04. The highest BCUT2D eigenvalue weighted by atomic mass is 16.3. The highest BCUT2D eigenvalue weighted by Gasteiger charge is 1.93. The molecule has 56 valence electrons. The first kappa shape index (κ1) is 7.51. The smallest absolute Gasteiger partial charge is 0.240 e. The maximum absolute atomic E-state index is 9.82. The Morgan fingerprint density at radius 2 is 2.18 bits per heavy atom. The Morgan fingerprint density at radius 1 is 1.45 bits per heavy atom. The molecule has 3 heteroatoms. The predicted molar refractivity (Wildman–Crippen MR) is 40.6 cm³/mol. The molecule has 0 aliphatic heterocycles. The van der Waals surface area contributed by atoms with E-state index in [1.165, 1.54) is 12.1 Å². The lowest BCUT2D eigenvalue weighted by molar-refractivity contribution is 0.475. The Morgan fingerprint density at radius 3 is 2.73 bits per heavy atom. The third-order valence-corrected chi connectivity index (χ3v) is 1.22. The van der Waals surface area contributed by atoms with Gasteiger partial charge in [0.25, 0.3) is 0 Å². The number of carbonyl (C=O) groups excluding carboxylic acids is 1. The minimum Gasteiger partial charge on any atom is -0.508 e. The lowest BCUT2D eigenvalue weighted by Gasteiger charge is -1.95. The van der Waals surface area contributed by atoms with Gasteiger partial charge in [0.05, 0.1) is 5.69 Å². The lowest BCUT2D eigenvalue weighted by Crippen LogP contribution is -1.71. The maximum atomic E-state index is 9.82. The molecule has 0 heterocycles. The predicted octanol–water partition coefficient (Wildman–Crippen LogP) is 1.67. The van der Waals surface area contributed by atoms with Gasteiger partial charge in [0.15, 0.2) is 0 Å². The summed E-state index contributed by atoms with van der Waals surface area (Å²) in [6, 6.07) is 4.67. The van der Waals surface area contributed by atoms with E-state index in [0.29, 0.717) is 5.69 Å². The molecule has 1 aromatic carbocycles. The minimum absolute atomic E-state index is 0.110. The van der Waals surface area contributed by atoms with E-state index in [1.807, 2.05) is 6.92 Å². The van der Waals surface area contributed by atoms with Crippen LogP contribution in [0.5, 0.6) is 5.75 Å². The second-order valence-electron chi connectivity index (χ2n) is 2.23. The van der Waals surface area contributed by atoms with Gasteiger partial charge >= 0.3 is 0 Å². The molecule has 0 saturated heterocycles. The maximum Gasteiger partial charge on any atom is 0.240 e. The summed E-state index contributed by atoms with van der Waals surface area (Å²) >= 11 is 0. The van der Waals surface area contributed by atoms with Crippen molar-refractivity contribution in [2.75, 3.05) is 0 Å². The summed E-state index contributed by atoms with van der Waals surface area (Å²) in [7, 11) is 0. The highest BCUT2D eigenvalue weighted by Crippen LogP contribution is 2.20. The number of nitrogens with zero attached hydrogens (tertiary/aromatic N) is 1. The van der Waals surface area contributed by atoms with Gasteiger partial charge in [-0.05, 0) is 24.6 Å². The molecule has 0 aromatic heterocycles. The number of aryl methyl sites for hydroxylation is 1. The SMILES string of the molecule is Cc1cc(O)cc(N=C=O)c1. The molecule has 0 unspecified atom stereocenters. The number of isocyanates is 1. The third-order valence-electron chi connectivity index (χ3n) is 1.22. The molecule has 0 aliphatic carbocycles. The number of rotatable bonds is 1. The van der Waals surface area contributed by atoms with E-state index in [2.05, 4.69) is 4.99 Å². The van der Waals surface area contributed by atoms with Gasteiger partial charge in [-0.1, -0.05) is 0 Å². The summed E-state index contributed by atoms with van der Waals surface area (Å²) in [5.41, 5.74) is 1.29. The average molecular weight is 149 g/mol. The van der Waals surface area contributed by atoms with Gasteiger partial charge in [-0.2, -0.15) is 4.99 Å². The van der Waals surface area contributed by atoms with Crippen molar-refractivity contribution in [1.82, 2.24) is 0 Å². The summed E-state index contributed by atoms with van der Waals surface area (Å²) in [4.78, 5) is 13.2. The Hall–Kier alpha value is -1.60. The van der Waals surface area contributed by atoms with Gasteiger partial charge in [-0.25, -0.2) is 4.79 Å². The number of phenols is 1. The van der Waals surface area contributed by atoms with Crippen molar-refractivity contribution >= 4 is 11.8 Å². The molecule has 0 saturated carbocycles. The molecule has 1 rings (SSSR count). The second kappa shape index (κ2) is 2.99. The van der Waals surface area contributed by atoms with Gasteiger partial charge in [-0.15, -0.1) is 0 Å². The van der Waals surface area contributed by atoms with Crippen molar-refractivity contribution in [3.8, 4) is 5.75 Å². The number of aromatic hydroxyl groups is 1. The van der Waals surface area contributed by atoms with Crippen molar-refractivity contribution in [1.29, 1.82) is 0 Å². The van der Waals surface area contributed by atoms with Gasteiger partial charge in [0.1, 0.15) is 5.75 Å². The van der Waals surface area contributed by atoms with Crippen molar-refractivity contribution in [2.24, 2.45) is 4.99 Å². The normalized spacial score (nSPS) is 8.82. The molecule has 0 atom stereocenters. The van der Waals surface area contributed by atoms with E-state index in [4.69, 9.17) is 5.11 Å². The number of phenolic OH excluding ortho intramolecular Hbond substituents is 1. The molecule has 11 heavy (non-hydrogen) atoms. The lowest BCUT2D eigenvalue weighted by atomic mass is 10.2. The number of benzene rings is 1. The first-order chi connectivity index (χ1) is 5.22. The van der Waals surface area contributed by atoms with Crippen LogP contribution in [0, 0.1) is 6.92 Å². The number of hydrogen-bond donors (Lipinski definition) is 1. The fraction of sp³-hybridized carbons (Fsp3) is 0.125. The Bertz CT molecular complexity index is 294. The minimum atomic E-state index is 0.110. The van der Waals surface area contributed by atoms with Crippen LogP contribution < -0.4 is 0 Å². The standard InChI is InChI=1S/C8H7NO2/c1-6-2-7(9-5-10)4-8(11)3-6/h2-4,11H,1H3. The molecule has 0 radical (unpaired) electrons. The van der Waals surface area contributed by atoms with Gasteiger partial charge in [0, 0.05) is 6.07 Å². The van der Waals surface area contributed by atoms with E-state index in [-0.39, 0.29) is 5.75 Å². The van der Waals surface area contributed by atoms with Gasteiger partial charge in [0.2, 0.25) is 6.08 Å². The van der Waals surface area contributed by atoms with E-state index >= 15 is 0 Å². The van der Waals surface area contributed by atoms with Gasteiger partial charge < -0.3 is 5.11 Å². The van der Waals surface area contributed by atoms with Gasteiger partial charge in [-0.3, -0.25) is 0 Å². The van der Waals surface area contributed by atoms with Crippen LogP contribution in [0.25, 0.3) is 0 Å².